The molecule has 1 saturated heterocycles. The smallest absolute Gasteiger partial charge is 0.308 e. The molecule has 0 bridgehead atoms. The molecule has 0 unspecified atom stereocenters. The van der Waals surface area contributed by atoms with Gasteiger partial charge in [0.2, 0.25) is 5.91 Å². The van der Waals surface area contributed by atoms with Crippen molar-refractivity contribution in [2.75, 3.05) is 24.5 Å². The topological polar surface area (TPSA) is 60.9 Å². The van der Waals surface area contributed by atoms with Gasteiger partial charge in [-0.2, -0.15) is 0 Å². The molecule has 2 atom stereocenters. The van der Waals surface area contributed by atoms with E-state index in [0.29, 0.717) is 13.1 Å². The molecule has 2 aromatic rings. The molecule has 0 aliphatic carbocycles. The highest BCUT2D eigenvalue weighted by molar-refractivity contribution is 6.03. The Hall–Kier alpha value is -2.66. The molecule has 2 aromatic carbocycles. The lowest BCUT2D eigenvalue weighted by Crippen LogP contribution is -2.38. The summed E-state index contributed by atoms with van der Waals surface area (Å²) < 4.78 is 0. The zero-order valence-electron chi connectivity index (χ0n) is 15.5. The minimum Gasteiger partial charge on any atom is -0.481 e. The maximum atomic E-state index is 13.4. The van der Waals surface area contributed by atoms with E-state index < -0.39 is 11.9 Å². The number of carboxylic acids is 1. The number of anilines is 2. The summed E-state index contributed by atoms with van der Waals surface area (Å²) in [5, 5.41) is 9.36. The van der Waals surface area contributed by atoms with Gasteiger partial charge in [-0.3, -0.25) is 19.4 Å². The van der Waals surface area contributed by atoms with Gasteiger partial charge in [0.25, 0.3) is 0 Å². The highest BCUT2D eigenvalue weighted by Gasteiger charge is 2.36. The number of rotatable bonds is 3. The molecule has 5 heteroatoms. The van der Waals surface area contributed by atoms with E-state index in [0.717, 1.165) is 24.2 Å². The molecule has 140 valence electrons. The summed E-state index contributed by atoms with van der Waals surface area (Å²) in [5.74, 6) is -1.13. The number of benzene rings is 2. The molecule has 5 nitrogen and oxygen atoms in total. The molecule has 0 aromatic heterocycles. The van der Waals surface area contributed by atoms with Crippen LogP contribution in [0.4, 0.5) is 11.4 Å². The van der Waals surface area contributed by atoms with Crippen LogP contribution in [0.3, 0.4) is 0 Å². The Morgan fingerprint density at radius 2 is 1.52 bits per heavy atom. The molecule has 0 radical (unpaired) electrons. The van der Waals surface area contributed by atoms with E-state index in [9.17, 15) is 14.7 Å². The van der Waals surface area contributed by atoms with Crippen LogP contribution in [0.5, 0.6) is 0 Å². The zero-order valence-corrected chi connectivity index (χ0v) is 15.5. The third kappa shape index (κ3) is 3.35. The van der Waals surface area contributed by atoms with Crippen LogP contribution in [-0.2, 0) is 22.4 Å². The largest absolute Gasteiger partial charge is 0.481 e. The summed E-state index contributed by atoms with van der Waals surface area (Å²) in [4.78, 5) is 28.6. The summed E-state index contributed by atoms with van der Waals surface area (Å²) in [6.07, 6.45) is 1.80. The van der Waals surface area contributed by atoms with E-state index in [1.807, 2.05) is 53.1 Å². The van der Waals surface area contributed by atoms with Gasteiger partial charge in [0.15, 0.2) is 0 Å². The predicted molar refractivity (Wildman–Crippen MR) is 104 cm³/mol. The summed E-state index contributed by atoms with van der Waals surface area (Å²) in [6, 6.07) is 16.1. The van der Waals surface area contributed by atoms with Crippen LogP contribution in [0.25, 0.3) is 0 Å². The first kappa shape index (κ1) is 17.7. The standard InChI is InChI=1S/C22H24N2O3/c1-15-12-23(13-18(15)22(26)27)14-21(25)24-19-8-4-2-6-16(19)10-11-17-7-3-5-9-20(17)24/h2-9,15,18H,10-14H2,1H3,(H,26,27)/t15-,18-/m1/s1. The molecular formula is C22H24N2O3. The Kier molecular flexibility index (Phi) is 4.70. The van der Waals surface area contributed by atoms with Crippen molar-refractivity contribution in [1.82, 2.24) is 4.90 Å². The Morgan fingerprint density at radius 3 is 2.04 bits per heavy atom. The summed E-state index contributed by atoms with van der Waals surface area (Å²) in [5.41, 5.74) is 4.21. The predicted octanol–water partition coefficient (Wildman–Crippen LogP) is 3.10. The Bertz CT molecular complexity index is 832. The number of para-hydroxylation sites is 2. The van der Waals surface area contributed by atoms with Gasteiger partial charge in [0.1, 0.15) is 0 Å². The van der Waals surface area contributed by atoms with Crippen LogP contribution in [0, 0.1) is 11.8 Å². The number of carbonyl (C=O) groups excluding carboxylic acids is 1. The number of carbonyl (C=O) groups is 2. The number of likely N-dealkylation sites (tertiary alicyclic amines) is 1. The monoisotopic (exact) mass is 364 g/mol. The first-order chi connectivity index (χ1) is 13.0. The highest BCUT2D eigenvalue weighted by Crippen LogP contribution is 2.36. The number of aryl methyl sites for hydroxylation is 2. The molecule has 27 heavy (non-hydrogen) atoms. The van der Waals surface area contributed by atoms with Crippen molar-refractivity contribution in [3.8, 4) is 0 Å². The van der Waals surface area contributed by atoms with Gasteiger partial charge in [-0.1, -0.05) is 43.3 Å². The van der Waals surface area contributed by atoms with E-state index >= 15 is 0 Å². The summed E-state index contributed by atoms with van der Waals surface area (Å²) >= 11 is 0. The molecule has 1 N–H and O–H groups in total. The van der Waals surface area contributed by atoms with Crippen molar-refractivity contribution >= 4 is 23.3 Å². The van der Waals surface area contributed by atoms with E-state index in [1.54, 1.807) is 0 Å². The van der Waals surface area contributed by atoms with Gasteiger partial charge >= 0.3 is 5.97 Å². The minimum atomic E-state index is -0.775. The van der Waals surface area contributed by atoms with Crippen molar-refractivity contribution in [3.05, 3.63) is 59.7 Å². The number of hydrogen-bond acceptors (Lipinski definition) is 3. The maximum absolute atomic E-state index is 13.4. The van der Waals surface area contributed by atoms with Crippen LogP contribution >= 0.6 is 0 Å². The van der Waals surface area contributed by atoms with Crippen molar-refractivity contribution in [2.24, 2.45) is 11.8 Å². The van der Waals surface area contributed by atoms with Crippen LogP contribution in [0.1, 0.15) is 18.1 Å². The van der Waals surface area contributed by atoms with Gasteiger partial charge in [-0.25, -0.2) is 0 Å². The second-order valence-electron chi connectivity index (χ2n) is 7.60. The second kappa shape index (κ2) is 7.16. The van der Waals surface area contributed by atoms with Gasteiger partial charge in [0.05, 0.1) is 23.8 Å². The third-order valence-electron chi connectivity index (χ3n) is 5.74. The molecule has 2 aliphatic rings. The average molecular weight is 364 g/mol. The molecular weight excluding hydrogens is 340 g/mol. The molecule has 1 fully saturated rings. The fraction of sp³-hybridized carbons (Fsp3) is 0.364. The Balaban J connectivity index is 1.64. The number of amides is 1. The second-order valence-corrected chi connectivity index (χ2v) is 7.60. The number of aliphatic carboxylic acids is 1. The number of nitrogens with zero attached hydrogens (tertiary/aromatic N) is 2. The van der Waals surface area contributed by atoms with Crippen molar-refractivity contribution in [2.45, 2.75) is 19.8 Å². The Labute approximate surface area is 159 Å². The van der Waals surface area contributed by atoms with E-state index in [1.165, 1.54) is 11.1 Å². The normalized spacial score (nSPS) is 22.0. The molecule has 1 amide bonds. The van der Waals surface area contributed by atoms with Crippen molar-refractivity contribution in [1.29, 1.82) is 0 Å². The maximum Gasteiger partial charge on any atom is 0.308 e. The summed E-state index contributed by atoms with van der Waals surface area (Å²) in [7, 11) is 0. The third-order valence-corrected chi connectivity index (χ3v) is 5.74. The van der Waals surface area contributed by atoms with Gasteiger partial charge in [0, 0.05) is 13.1 Å². The fourth-order valence-corrected chi connectivity index (χ4v) is 4.33. The lowest BCUT2D eigenvalue weighted by molar-refractivity contribution is -0.142. The SMILES string of the molecule is C[C@@H]1CN(CC(=O)N2c3ccccc3CCc3ccccc32)C[C@H]1C(=O)O. The van der Waals surface area contributed by atoms with E-state index in [2.05, 4.69) is 12.1 Å². The van der Waals surface area contributed by atoms with Crippen LogP contribution < -0.4 is 4.90 Å². The van der Waals surface area contributed by atoms with Gasteiger partial charge in [-0.15, -0.1) is 0 Å². The molecule has 0 saturated carbocycles. The average Bonchev–Trinajstić information content (AvgIpc) is 2.93. The molecule has 4 rings (SSSR count). The van der Waals surface area contributed by atoms with E-state index in [-0.39, 0.29) is 18.4 Å². The number of fused-ring (bicyclic) bond motifs is 2. The van der Waals surface area contributed by atoms with Crippen LogP contribution in [0.2, 0.25) is 0 Å². The van der Waals surface area contributed by atoms with E-state index in [4.69, 9.17) is 0 Å². The van der Waals surface area contributed by atoms with Crippen molar-refractivity contribution in [3.63, 3.8) is 0 Å². The lowest BCUT2D eigenvalue weighted by atomic mass is 9.99. The van der Waals surface area contributed by atoms with Gasteiger partial charge < -0.3 is 5.11 Å². The van der Waals surface area contributed by atoms with Crippen LogP contribution in [0.15, 0.2) is 48.5 Å². The molecule has 2 heterocycles. The first-order valence-electron chi connectivity index (χ1n) is 9.48. The molecule has 2 aliphatic heterocycles. The molecule has 0 spiro atoms. The summed E-state index contributed by atoms with van der Waals surface area (Å²) in [6.45, 7) is 3.25. The van der Waals surface area contributed by atoms with Crippen molar-refractivity contribution < 1.29 is 14.7 Å². The lowest BCUT2D eigenvalue weighted by Gasteiger charge is -2.27. The van der Waals surface area contributed by atoms with Gasteiger partial charge in [-0.05, 0) is 42.0 Å². The number of hydrogen-bond donors (Lipinski definition) is 1. The zero-order chi connectivity index (χ0) is 19.0. The van der Waals surface area contributed by atoms with Crippen LogP contribution in [-0.4, -0.2) is 41.5 Å². The fourth-order valence-electron chi connectivity index (χ4n) is 4.33. The highest BCUT2D eigenvalue weighted by atomic mass is 16.4. The quantitative estimate of drug-likeness (QED) is 0.909. The Morgan fingerprint density at radius 1 is 0.963 bits per heavy atom. The first-order valence-corrected chi connectivity index (χ1v) is 9.48. The minimum absolute atomic E-state index is 0.00459. The number of carboxylic acid groups (broad SMARTS) is 1.